The zero-order valence-electron chi connectivity index (χ0n) is 20.3. The van der Waals surface area contributed by atoms with Crippen LogP contribution < -0.4 is 16.8 Å². The molecule has 38 heavy (non-hydrogen) atoms. The van der Waals surface area contributed by atoms with Gasteiger partial charge in [0, 0.05) is 50.4 Å². The van der Waals surface area contributed by atoms with Crippen molar-refractivity contribution in [3.63, 3.8) is 0 Å². The molecule has 202 valence electrons. The molecule has 0 bridgehead atoms. The van der Waals surface area contributed by atoms with Crippen molar-refractivity contribution in [2.24, 2.45) is 10.9 Å². The van der Waals surface area contributed by atoms with Gasteiger partial charge in [-0.05, 0) is 30.7 Å². The summed E-state index contributed by atoms with van der Waals surface area (Å²) in [5.74, 6) is -1.67. The van der Waals surface area contributed by atoms with E-state index in [1.807, 2.05) is 19.9 Å². The molecule has 0 spiro atoms. The first-order chi connectivity index (χ1) is 18.1. The van der Waals surface area contributed by atoms with E-state index in [4.69, 9.17) is 11.5 Å². The van der Waals surface area contributed by atoms with Crippen LogP contribution in [0.2, 0.25) is 0 Å². The molecule has 2 aliphatic rings. The van der Waals surface area contributed by atoms with Crippen LogP contribution in [0.4, 0.5) is 5.13 Å². The predicted molar refractivity (Wildman–Crippen MR) is 149 cm³/mol. The summed E-state index contributed by atoms with van der Waals surface area (Å²) in [6.07, 6.45) is 3.38. The molecule has 0 saturated carbocycles. The number of β-lactam (4-membered cyclic amide) rings is 1. The largest absolute Gasteiger partial charge is 0.477 e. The average Bonchev–Trinajstić information content (AvgIpc) is 3.32. The number of nitrogens with two attached hydrogens (primary N) is 2. The van der Waals surface area contributed by atoms with E-state index in [9.17, 15) is 24.4 Å². The van der Waals surface area contributed by atoms with Crippen molar-refractivity contribution in [1.82, 2.24) is 20.2 Å². The number of carboxylic acids is 1. The molecule has 6 N–H and O–H groups in total. The fourth-order valence-electron chi connectivity index (χ4n) is 3.65. The third-order valence-corrected chi connectivity index (χ3v) is 10.6. The standard InChI is InChI=1S/C22H25N7O5S4/c1-22(2,9-23)37-6-10-5-25-4-3-12(10)38-13-8-35-19-15(18(31)29(19)16(13)20(32)33)27-17(30)14(28-34)11-7-36-21(24)26-11/h3-5,7,14-15,19H,6,8-9,23H2,1-2H3,(H2,24,26)(H,27,30)(H,32,33)/t14?,15-,19+/m1/s1. The Labute approximate surface area is 234 Å². The van der Waals surface area contributed by atoms with Gasteiger partial charge in [-0.25, -0.2) is 9.78 Å². The maximum Gasteiger partial charge on any atom is 0.353 e. The second kappa shape index (κ2) is 11.6. The third kappa shape index (κ3) is 5.83. The van der Waals surface area contributed by atoms with E-state index < -0.39 is 35.2 Å². The molecule has 4 rings (SSSR count). The third-order valence-electron chi connectivity index (χ3n) is 5.81. The molecule has 2 amide bonds. The van der Waals surface area contributed by atoms with Crippen LogP contribution in [0.5, 0.6) is 0 Å². The normalized spacial score (nSPS) is 20.0. The van der Waals surface area contributed by atoms with E-state index >= 15 is 0 Å². The number of carboxylic acid groups (broad SMARTS) is 1. The second-order valence-corrected chi connectivity index (χ2v) is 13.7. The first kappa shape index (κ1) is 28.4. The van der Waals surface area contributed by atoms with Crippen molar-refractivity contribution in [1.29, 1.82) is 0 Å². The maximum atomic E-state index is 13.0. The fourth-order valence-corrected chi connectivity index (χ4v) is 7.78. The fraction of sp³-hybridized carbons (Fsp3) is 0.409. The summed E-state index contributed by atoms with van der Waals surface area (Å²) in [5.41, 5.74) is 12.3. The van der Waals surface area contributed by atoms with Gasteiger partial charge in [-0.3, -0.25) is 19.5 Å². The number of aromatic nitrogens is 2. The highest BCUT2D eigenvalue weighted by Gasteiger charge is 2.54. The summed E-state index contributed by atoms with van der Waals surface area (Å²) in [7, 11) is 0. The van der Waals surface area contributed by atoms with Crippen LogP contribution in [0.1, 0.15) is 31.1 Å². The molecule has 3 atom stereocenters. The number of thiazole rings is 1. The number of nitrogen functional groups attached to an aromatic ring is 1. The summed E-state index contributed by atoms with van der Waals surface area (Å²) >= 11 is 5.35. The first-order valence-corrected chi connectivity index (χ1v) is 15.0. The van der Waals surface area contributed by atoms with Crippen molar-refractivity contribution in [3.8, 4) is 0 Å². The quantitative estimate of drug-likeness (QED) is 0.219. The van der Waals surface area contributed by atoms with E-state index in [0.717, 1.165) is 21.8 Å². The monoisotopic (exact) mass is 595 g/mol. The highest BCUT2D eigenvalue weighted by Crippen LogP contribution is 2.46. The van der Waals surface area contributed by atoms with Crippen LogP contribution in [-0.4, -0.2) is 66.2 Å². The van der Waals surface area contributed by atoms with Gasteiger partial charge < -0.3 is 21.9 Å². The van der Waals surface area contributed by atoms with Crippen LogP contribution in [0.3, 0.4) is 0 Å². The number of nitrogens with zero attached hydrogens (tertiary/aromatic N) is 4. The molecular weight excluding hydrogens is 571 g/mol. The van der Waals surface area contributed by atoms with Gasteiger partial charge in [0.25, 0.3) is 11.8 Å². The smallest absolute Gasteiger partial charge is 0.353 e. The Morgan fingerprint density at radius 1 is 1.42 bits per heavy atom. The number of thioether (sulfide) groups is 3. The highest BCUT2D eigenvalue weighted by molar-refractivity contribution is 8.06. The SMILES string of the molecule is CC(C)(CN)SCc1cnccc1SC1=C(C(=O)O)N2C(=O)[C@@H](NC(=O)C(N=O)c3csc(N)n3)[C@@H]2SC1. The number of carbonyl (C=O) groups excluding carboxylic acids is 2. The molecule has 1 fully saturated rings. The number of aliphatic carboxylic acids is 1. The first-order valence-electron chi connectivity index (χ1n) is 11.3. The number of amides is 2. The summed E-state index contributed by atoms with van der Waals surface area (Å²) in [4.78, 5) is 60.0. The molecule has 2 aliphatic heterocycles. The van der Waals surface area contributed by atoms with Crippen LogP contribution >= 0.6 is 46.6 Å². The molecule has 2 aromatic heterocycles. The highest BCUT2D eigenvalue weighted by atomic mass is 32.2. The Morgan fingerprint density at radius 3 is 2.82 bits per heavy atom. The molecule has 0 aliphatic carbocycles. The molecule has 16 heteroatoms. The average molecular weight is 596 g/mol. The Balaban J connectivity index is 1.51. The van der Waals surface area contributed by atoms with Gasteiger partial charge >= 0.3 is 5.97 Å². The number of fused-ring (bicyclic) bond motifs is 1. The molecule has 1 unspecified atom stereocenters. The Morgan fingerprint density at radius 2 is 2.18 bits per heavy atom. The van der Waals surface area contributed by atoms with Crippen LogP contribution in [-0.2, 0) is 20.1 Å². The minimum Gasteiger partial charge on any atom is -0.477 e. The summed E-state index contributed by atoms with van der Waals surface area (Å²) in [6, 6.07) is -0.648. The Hall–Kier alpha value is -2.66. The lowest BCUT2D eigenvalue weighted by molar-refractivity contribution is -0.150. The van der Waals surface area contributed by atoms with Gasteiger partial charge in [-0.2, -0.15) is 0 Å². The molecule has 2 aromatic rings. The zero-order chi connectivity index (χ0) is 27.6. The van der Waals surface area contributed by atoms with E-state index in [1.54, 1.807) is 24.2 Å². The van der Waals surface area contributed by atoms with Gasteiger partial charge in [0.15, 0.2) is 5.13 Å². The van der Waals surface area contributed by atoms with Crippen LogP contribution in [0, 0.1) is 4.91 Å². The van der Waals surface area contributed by atoms with Gasteiger partial charge in [-0.15, -0.1) is 39.8 Å². The van der Waals surface area contributed by atoms with Crippen molar-refractivity contribution in [2.45, 2.75) is 46.7 Å². The Kier molecular flexibility index (Phi) is 8.66. The summed E-state index contributed by atoms with van der Waals surface area (Å²) in [6.45, 7) is 4.60. The van der Waals surface area contributed by atoms with Crippen LogP contribution in [0.25, 0.3) is 0 Å². The van der Waals surface area contributed by atoms with E-state index in [1.165, 1.54) is 33.8 Å². The number of anilines is 1. The maximum absolute atomic E-state index is 13.0. The lowest BCUT2D eigenvalue weighted by Crippen LogP contribution is -2.70. The van der Waals surface area contributed by atoms with Crippen LogP contribution in [0.15, 0.2) is 44.5 Å². The minimum absolute atomic E-state index is 0.0888. The van der Waals surface area contributed by atoms with E-state index in [-0.39, 0.29) is 21.3 Å². The van der Waals surface area contributed by atoms with Crippen molar-refractivity contribution < 1.29 is 19.5 Å². The number of nitrogens with one attached hydrogen (secondary N) is 1. The summed E-state index contributed by atoms with van der Waals surface area (Å²) in [5, 5.41) is 16.4. The van der Waals surface area contributed by atoms with Crippen molar-refractivity contribution in [2.75, 3.05) is 18.0 Å². The lowest BCUT2D eigenvalue weighted by Gasteiger charge is -2.49. The summed E-state index contributed by atoms with van der Waals surface area (Å²) < 4.78 is -0.134. The molecule has 0 radical (unpaired) electrons. The molecule has 4 heterocycles. The van der Waals surface area contributed by atoms with Gasteiger partial charge in [-0.1, -0.05) is 11.8 Å². The molecule has 0 aromatic carbocycles. The molecule has 12 nitrogen and oxygen atoms in total. The topological polar surface area (TPSA) is 194 Å². The van der Waals surface area contributed by atoms with Crippen molar-refractivity contribution >= 4 is 69.5 Å². The van der Waals surface area contributed by atoms with Gasteiger partial charge in [0.1, 0.15) is 17.1 Å². The molecule has 1 saturated heterocycles. The number of hydrogen-bond acceptors (Lipinski definition) is 13. The van der Waals surface area contributed by atoms with Crippen molar-refractivity contribution in [3.05, 3.63) is 50.6 Å². The number of carbonyl (C=O) groups is 3. The number of pyridine rings is 1. The number of hydrogen-bond donors (Lipinski definition) is 4. The number of rotatable bonds is 11. The second-order valence-electron chi connectivity index (χ2n) is 8.93. The predicted octanol–water partition coefficient (Wildman–Crippen LogP) is 2.39. The zero-order valence-corrected chi connectivity index (χ0v) is 23.6. The lowest BCUT2D eigenvalue weighted by atomic mass is 10.0. The number of nitroso groups, excluding NO2 is 1. The minimum atomic E-state index is -1.47. The van der Waals surface area contributed by atoms with Gasteiger partial charge in [0.2, 0.25) is 6.04 Å². The van der Waals surface area contributed by atoms with E-state index in [0.29, 0.717) is 23.0 Å². The van der Waals surface area contributed by atoms with Gasteiger partial charge in [0.05, 0.1) is 5.69 Å². The molecular formula is C22H25N7O5S4. The Bertz CT molecular complexity index is 1300. The van der Waals surface area contributed by atoms with E-state index in [2.05, 4.69) is 20.5 Å².